The minimum absolute atomic E-state index is 0.0572. The SMILES string of the molecule is CC[C@]1(C2CCN(Cc3ccccc3C(F)(F)F)CC2)NC(=O)N(CCc2scnc2C)C1=O. The first-order valence-electron chi connectivity index (χ1n) is 11.6. The molecule has 10 heteroatoms. The van der Waals surface area contributed by atoms with Crippen LogP contribution in [-0.2, 0) is 23.9 Å². The van der Waals surface area contributed by atoms with E-state index in [0.29, 0.717) is 45.3 Å². The molecule has 1 aromatic heterocycles. The average Bonchev–Trinajstić information content (AvgIpc) is 3.32. The zero-order chi connectivity index (χ0) is 24.5. The van der Waals surface area contributed by atoms with Crippen molar-refractivity contribution in [1.82, 2.24) is 20.1 Å². The number of aryl methyl sites for hydroxylation is 1. The van der Waals surface area contributed by atoms with Crippen LogP contribution < -0.4 is 5.32 Å². The number of likely N-dealkylation sites (tertiary alicyclic amines) is 1. The normalized spacial score (nSPS) is 22.4. The van der Waals surface area contributed by atoms with Crippen molar-refractivity contribution in [1.29, 1.82) is 0 Å². The molecule has 2 aliphatic heterocycles. The lowest BCUT2D eigenvalue weighted by Crippen LogP contribution is -2.55. The summed E-state index contributed by atoms with van der Waals surface area (Å²) < 4.78 is 40.1. The second-order valence-electron chi connectivity index (χ2n) is 9.03. The summed E-state index contributed by atoms with van der Waals surface area (Å²) >= 11 is 1.52. The number of hydrogen-bond acceptors (Lipinski definition) is 5. The minimum atomic E-state index is -4.39. The predicted octanol–water partition coefficient (Wildman–Crippen LogP) is 4.63. The molecule has 1 aromatic carbocycles. The quantitative estimate of drug-likeness (QED) is 0.571. The maximum Gasteiger partial charge on any atom is 0.416 e. The van der Waals surface area contributed by atoms with E-state index in [9.17, 15) is 22.8 Å². The largest absolute Gasteiger partial charge is 0.416 e. The molecule has 34 heavy (non-hydrogen) atoms. The number of nitrogens with zero attached hydrogens (tertiary/aromatic N) is 3. The Morgan fingerprint density at radius 2 is 1.91 bits per heavy atom. The van der Waals surface area contributed by atoms with Crippen LogP contribution in [0, 0.1) is 12.8 Å². The van der Waals surface area contributed by atoms with Crippen molar-refractivity contribution in [2.24, 2.45) is 5.92 Å². The molecule has 0 spiro atoms. The van der Waals surface area contributed by atoms with Crippen LogP contribution in [-0.4, -0.2) is 51.9 Å². The second-order valence-corrected chi connectivity index (χ2v) is 9.97. The van der Waals surface area contributed by atoms with Crippen molar-refractivity contribution in [3.8, 4) is 0 Å². The Labute approximate surface area is 201 Å². The molecule has 1 N–H and O–H groups in total. The number of nitrogens with one attached hydrogen (secondary N) is 1. The molecular formula is C24H29F3N4O2S. The maximum atomic E-state index is 13.4. The number of rotatable bonds is 7. The third-order valence-corrected chi connectivity index (χ3v) is 8.16. The van der Waals surface area contributed by atoms with Gasteiger partial charge in [0.1, 0.15) is 5.54 Å². The van der Waals surface area contributed by atoms with Crippen molar-refractivity contribution < 1.29 is 22.8 Å². The number of thiazole rings is 1. The van der Waals surface area contributed by atoms with E-state index >= 15 is 0 Å². The number of alkyl halides is 3. The molecule has 0 radical (unpaired) electrons. The summed E-state index contributed by atoms with van der Waals surface area (Å²) in [7, 11) is 0. The summed E-state index contributed by atoms with van der Waals surface area (Å²) in [6.07, 6.45) is -2.06. The van der Waals surface area contributed by atoms with Crippen LogP contribution in [0.2, 0.25) is 0 Å². The first-order chi connectivity index (χ1) is 16.2. The Hall–Kier alpha value is -2.46. The van der Waals surface area contributed by atoms with Gasteiger partial charge in [-0.2, -0.15) is 13.2 Å². The number of carbonyl (C=O) groups excluding carboxylic acids is 2. The van der Waals surface area contributed by atoms with Crippen LogP contribution in [0.4, 0.5) is 18.0 Å². The number of piperidine rings is 1. The van der Waals surface area contributed by atoms with Crippen molar-refractivity contribution in [2.75, 3.05) is 19.6 Å². The molecular weight excluding hydrogens is 465 g/mol. The molecule has 6 nitrogen and oxygen atoms in total. The van der Waals surface area contributed by atoms with Gasteiger partial charge in [0.25, 0.3) is 5.91 Å². The molecule has 3 heterocycles. The number of halogens is 3. The van der Waals surface area contributed by atoms with Gasteiger partial charge in [0, 0.05) is 24.4 Å². The van der Waals surface area contributed by atoms with Crippen molar-refractivity contribution in [3.63, 3.8) is 0 Å². The molecule has 2 fully saturated rings. The lowest BCUT2D eigenvalue weighted by Gasteiger charge is -2.40. The van der Waals surface area contributed by atoms with Gasteiger partial charge in [-0.3, -0.25) is 14.6 Å². The van der Waals surface area contributed by atoms with Gasteiger partial charge in [-0.1, -0.05) is 25.1 Å². The third-order valence-electron chi connectivity index (χ3n) is 7.17. The Morgan fingerprint density at radius 1 is 1.21 bits per heavy atom. The number of imide groups is 1. The van der Waals surface area contributed by atoms with Gasteiger partial charge < -0.3 is 5.32 Å². The van der Waals surface area contributed by atoms with E-state index in [1.54, 1.807) is 11.6 Å². The fourth-order valence-electron chi connectivity index (χ4n) is 5.19. The smallest absolute Gasteiger partial charge is 0.323 e. The highest BCUT2D eigenvalue weighted by Gasteiger charge is 2.54. The summed E-state index contributed by atoms with van der Waals surface area (Å²) in [6, 6.07) is 5.30. The number of carbonyl (C=O) groups is 2. The molecule has 0 bridgehead atoms. The van der Waals surface area contributed by atoms with Crippen LogP contribution in [0.15, 0.2) is 29.8 Å². The van der Waals surface area contributed by atoms with Crippen molar-refractivity contribution in [2.45, 2.75) is 57.8 Å². The lowest BCUT2D eigenvalue weighted by atomic mass is 9.75. The van der Waals surface area contributed by atoms with E-state index in [1.807, 2.05) is 18.7 Å². The Bertz CT molecular complexity index is 1050. The molecule has 0 saturated carbocycles. The van der Waals surface area contributed by atoms with E-state index in [-0.39, 0.29) is 30.0 Å². The van der Waals surface area contributed by atoms with Gasteiger partial charge in [0.2, 0.25) is 0 Å². The zero-order valence-corrected chi connectivity index (χ0v) is 20.1. The van der Waals surface area contributed by atoms with Crippen LogP contribution in [0.25, 0.3) is 0 Å². The van der Waals surface area contributed by atoms with Crippen molar-refractivity contribution >= 4 is 23.3 Å². The monoisotopic (exact) mass is 494 g/mol. The second kappa shape index (κ2) is 9.65. The average molecular weight is 495 g/mol. The highest BCUT2D eigenvalue weighted by Crippen LogP contribution is 2.37. The number of aromatic nitrogens is 1. The van der Waals surface area contributed by atoms with Crippen LogP contribution in [0.1, 0.15) is 47.9 Å². The highest BCUT2D eigenvalue weighted by molar-refractivity contribution is 7.09. The summed E-state index contributed by atoms with van der Waals surface area (Å²) in [4.78, 5) is 34.8. The van der Waals surface area contributed by atoms with E-state index in [0.717, 1.165) is 16.6 Å². The van der Waals surface area contributed by atoms with E-state index in [1.165, 1.54) is 28.4 Å². The summed E-state index contributed by atoms with van der Waals surface area (Å²) in [5, 5.41) is 2.98. The molecule has 0 aliphatic carbocycles. The van der Waals surface area contributed by atoms with E-state index in [2.05, 4.69) is 10.3 Å². The summed E-state index contributed by atoms with van der Waals surface area (Å²) in [6.45, 7) is 5.48. The zero-order valence-electron chi connectivity index (χ0n) is 19.3. The van der Waals surface area contributed by atoms with Gasteiger partial charge in [-0.25, -0.2) is 9.78 Å². The fourth-order valence-corrected chi connectivity index (χ4v) is 5.96. The maximum absolute atomic E-state index is 13.4. The molecule has 3 amide bonds. The molecule has 0 unspecified atom stereocenters. The Kier molecular flexibility index (Phi) is 7.00. The Morgan fingerprint density at radius 3 is 2.53 bits per heavy atom. The van der Waals surface area contributed by atoms with E-state index in [4.69, 9.17) is 0 Å². The van der Waals surface area contributed by atoms with E-state index < -0.39 is 17.3 Å². The third kappa shape index (κ3) is 4.70. The predicted molar refractivity (Wildman–Crippen MR) is 123 cm³/mol. The lowest BCUT2D eigenvalue weighted by molar-refractivity contribution is -0.138. The number of urea groups is 1. The summed E-state index contributed by atoms with van der Waals surface area (Å²) in [5.41, 5.74) is 1.38. The number of hydrogen-bond donors (Lipinski definition) is 1. The van der Waals surface area contributed by atoms with Gasteiger partial charge in [-0.05, 0) is 56.8 Å². The van der Waals surface area contributed by atoms with Crippen LogP contribution in [0.3, 0.4) is 0 Å². The van der Waals surface area contributed by atoms with Crippen LogP contribution in [0.5, 0.6) is 0 Å². The topological polar surface area (TPSA) is 65.5 Å². The standard InChI is InChI=1S/C24H29F3N4O2S/c1-3-23(21(32)31(22(33)29-23)13-10-20-16(2)28-15-34-20)18-8-11-30(12-9-18)14-17-6-4-5-7-19(17)24(25,26)27/h4-7,15,18H,3,8-14H2,1-2H3,(H,29,33)/t23-/m1/s1. The first-order valence-corrected chi connectivity index (χ1v) is 12.4. The van der Waals surface area contributed by atoms with Gasteiger partial charge in [0.15, 0.2) is 0 Å². The van der Waals surface area contributed by atoms with Gasteiger partial charge in [0.05, 0.1) is 16.8 Å². The van der Waals surface area contributed by atoms with Crippen molar-refractivity contribution in [3.05, 3.63) is 51.5 Å². The molecule has 1 atom stereocenters. The van der Waals surface area contributed by atoms with Gasteiger partial charge >= 0.3 is 12.2 Å². The number of amides is 3. The molecule has 2 saturated heterocycles. The number of benzene rings is 1. The fraction of sp³-hybridized carbons (Fsp3) is 0.542. The summed E-state index contributed by atoms with van der Waals surface area (Å²) in [5.74, 6) is -0.249. The molecule has 4 rings (SSSR count). The molecule has 184 valence electrons. The minimum Gasteiger partial charge on any atom is -0.323 e. The molecule has 2 aromatic rings. The van der Waals surface area contributed by atoms with Gasteiger partial charge in [-0.15, -0.1) is 11.3 Å². The first kappa shape index (κ1) is 24.7. The van der Waals surface area contributed by atoms with Crippen LogP contribution >= 0.6 is 11.3 Å². The molecule has 2 aliphatic rings. The highest BCUT2D eigenvalue weighted by atomic mass is 32.1. The Balaban J connectivity index is 1.40.